The minimum absolute atomic E-state index is 0.199. The molecule has 0 spiro atoms. The Morgan fingerprint density at radius 1 is 1.25 bits per heavy atom. The van der Waals surface area contributed by atoms with Gasteiger partial charge in [0.05, 0.1) is 0 Å². The van der Waals surface area contributed by atoms with Crippen LogP contribution in [-0.4, -0.2) is 5.91 Å². The zero-order valence-electron chi connectivity index (χ0n) is 11.3. The molecular formula is C16H17ClN2O. The largest absolute Gasteiger partial charge is 0.366 e. The maximum absolute atomic E-state index is 11.0. The fraction of sp³-hybridized carbons (Fsp3) is 0.188. The van der Waals surface area contributed by atoms with E-state index < -0.39 is 5.91 Å². The quantitative estimate of drug-likeness (QED) is 0.887. The molecule has 0 saturated carbocycles. The highest BCUT2D eigenvalue weighted by atomic mass is 35.5. The van der Waals surface area contributed by atoms with Crippen molar-refractivity contribution >= 4 is 17.5 Å². The third kappa shape index (κ3) is 3.83. The van der Waals surface area contributed by atoms with Crippen LogP contribution in [0.4, 0.5) is 0 Å². The Bertz CT molecular complexity index is 596. The minimum atomic E-state index is -0.406. The zero-order valence-corrected chi connectivity index (χ0v) is 12.0. The van der Waals surface area contributed by atoms with Crippen molar-refractivity contribution in [2.45, 2.75) is 19.5 Å². The molecule has 0 fully saturated rings. The molecule has 1 unspecified atom stereocenters. The fourth-order valence-corrected chi connectivity index (χ4v) is 2.15. The second-order valence-corrected chi connectivity index (χ2v) is 5.16. The number of amides is 1. The molecule has 3 N–H and O–H groups in total. The second-order valence-electron chi connectivity index (χ2n) is 4.72. The fourth-order valence-electron chi connectivity index (χ4n) is 1.95. The molecule has 0 saturated heterocycles. The molecule has 104 valence electrons. The van der Waals surface area contributed by atoms with Crippen LogP contribution in [0, 0.1) is 0 Å². The van der Waals surface area contributed by atoms with Crippen LogP contribution >= 0.6 is 11.6 Å². The number of hydrogen-bond donors (Lipinski definition) is 2. The summed E-state index contributed by atoms with van der Waals surface area (Å²) in [6, 6.07) is 15.3. The lowest BCUT2D eigenvalue weighted by Crippen LogP contribution is -2.18. The van der Waals surface area contributed by atoms with Crippen molar-refractivity contribution in [2.75, 3.05) is 0 Å². The number of benzene rings is 2. The van der Waals surface area contributed by atoms with Crippen LogP contribution in [0.3, 0.4) is 0 Å². The Kier molecular flexibility index (Phi) is 4.77. The Morgan fingerprint density at radius 2 is 1.95 bits per heavy atom. The van der Waals surface area contributed by atoms with Gasteiger partial charge in [0.25, 0.3) is 0 Å². The van der Waals surface area contributed by atoms with Crippen molar-refractivity contribution in [1.82, 2.24) is 5.32 Å². The molecular weight excluding hydrogens is 272 g/mol. The summed E-state index contributed by atoms with van der Waals surface area (Å²) in [4.78, 5) is 11.0. The SMILES string of the molecule is CC(NCc1ccc(C(N)=O)cc1)c1cccc(Cl)c1. The van der Waals surface area contributed by atoms with E-state index in [1.807, 2.05) is 36.4 Å². The zero-order chi connectivity index (χ0) is 14.5. The number of carbonyl (C=O) groups is 1. The highest BCUT2D eigenvalue weighted by Crippen LogP contribution is 2.17. The average Bonchev–Trinajstić information content (AvgIpc) is 2.45. The van der Waals surface area contributed by atoms with Crippen molar-refractivity contribution in [3.8, 4) is 0 Å². The number of rotatable bonds is 5. The van der Waals surface area contributed by atoms with Gasteiger partial charge in [-0.25, -0.2) is 0 Å². The van der Waals surface area contributed by atoms with Gasteiger partial charge in [0, 0.05) is 23.2 Å². The van der Waals surface area contributed by atoms with E-state index in [0.29, 0.717) is 12.1 Å². The van der Waals surface area contributed by atoms with Gasteiger partial charge < -0.3 is 11.1 Å². The van der Waals surface area contributed by atoms with Gasteiger partial charge in [-0.2, -0.15) is 0 Å². The minimum Gasteiger partial charge on any atom is -0.366 e. The number of hydrogen-bond acceptors (Lipinski definition) is 2. The predicted octanol–water partition coefficient (Wildman–Crippen LogP) is 3.29. The van der Waals surface area contributed by atoms with E-state index in [0.717, 1.165) is 16.1 Å². The van der Waals surface area contributed by atoms with E-state index in [4.69, 9.17) is 17.3 Å². The first-order valence-electron chi connectivity index (χ1n) is 6.44. The molecule has 1 amide bonds. The average molecular weight is 289 g/mol. The summed E-state index contributed by atoms with van der Waals surface area (Å²) in [5.74, 6) is -0.406. The molecule has 4 heteroatoms. The molecule has 0 aliphatic heterocycles. The van der Waals surface area contributed by atoms with Gasteiger partial charge in [0.15, 0.2) is 0 Å². The van der Waals surface area contributed by atoms with Crippen LogP contribution in [0.5, 0.6) is 0 Å². The third-order valence-corrected chi connectivity index (χ3v) is 3.43. The summed E-state index contributed by atoms with van der Waals surface area (Å²) in [6.07, 6.45) is 0. The molecule has 20 heavy (non-hydrogen) atoms. The smallest absolute Gasteiger partial charge is 0.248 e. The van der Waals surface area contributed by atoms with Crippen molar-refractivity contribution in [3.63, 3.8) is 0 Å². The van der Waals surface area contributed by atoms with E-state index in [9.17, 15) is 4.79 Å². The molecule has 0 radical (unpaired) electrons. The molecule has 0 aliphatic rings. The molecule has 0 heterocycles. The van der Waals surface area contributed by atoms with Gasteiger partial charge in [-0.1, -0.05) is 35.9 Å². The van der Waals surface area contributed by atoms with Crippen molar-refractivity contribution in [1.29, 1.82) is 0 Å². The van der Waals surface area contributed by atoms with Crippen LogP contribution in [0.15, 0.2) is 48.5 Å². The van der Waals surface area contributed by atoms with E-state index in [1.165, 1.54) is 0 Å². The first kappa shape index (κ1) is 14.6. The van der Waals surface area contributed by atoms with E-state index in [-0.39, 0.29) is 6.04 Å². The summed E-state index contributed by atoms with van der Waals surface area (Å²) < 4.78 is 0. The van der Waals surface area contributed by atoms with Gasteiger partial charge in [0.1, 0.15) is 0 Å². The van der Waals surface area contributed by atoms with Gasteiger partial charge in [-0.05, 0) is 42.3 Å². The third-order valence-electron chi connectivity index (χ3n) is 3.20. The maximum atomic E-state index is 11.0. The lowest BCUT2D eigenvalue weighted by Gasteiger charge is -2.14. The Balaban J connectivity index is 1.96. The monoisotopic (exact) mass is 288 g/mol. The van der Waals surface area contributed by atoms with Gasteiger partial charge in [-0.15, -0.1) is 0 Å². The number of nitrogens with one attached hydrogen (secondary N) is 1. The highest BCUT2D eigenvalue weighted by molar-refractivity contribution is 6.30. The summed E-state index contributed by atoms with van der Waals surface area (Å²) in [5, 5.41) is 4.15. The number of carbonyl (C=O) groups excluding carboxylic acids is 1. The summed E-state index contributed by atoms with van der Waals surface area (Å²) >= 11 is 5.98. The van der Waals surface area contributed by atoms with Gasteiger partial charge in [-0.3, -0.25) is 4.79 Å². The maximum Gasteiger partial charge on any atom is 0.248 e. The van der Waals surface area contributed by atoms with Crippen LogP contribution in [0.25, 0.3) is 0 Å². The lowest BCUT2D eigenvalue weighted by molar-refractivity contribution is 0.100. The summed E-state index contributed by atoms with van der Waals surface area (Å²) in [6.45, 7) is 2.80. The Labute approximate surface area is 123 Å². The van der Waals surface area contributed by atoms with E-state index >= 15 is 0 Å². The molecule has 0 bridgehead atoms. The topological polar surface area (TPSA) is 55.1 Å². The van der Waals surface area contributed by atoms with Gasteiger partial charge >= 0.3 is 0 Å². The van der Waals surface area contributed by atoms with Crippen LogP contribution in [-0.2, 0) is 6.54 Å². The summed E-state index contributed by atoms with van der Waals surface area (Å²) in [7, 11) is 0. The standard InChI is InChI=1S/C16H17ClN2O/c1-11(14-3-2-4-15(17)9-14)19-10-12-5-7-13(8-6-12)16(18)20/h2-9,11,19H,10H2,1H3,(H2,18,20). The number of halogens is 1. The van der Waals surface area contributed by atoms with Crippen molar-refractivity contribution < 1.29 is 4.79 Å². The number of nitrogens with two attached hydrogens (primary N) is 1. The molecule has 2 aromatic carbocycles. The molecule has 1 atom stereocenters. The normalized spacial score (nSPS) is 12.1. The van der Waals surface area contributed by atoms with Crippen LogP contribution < -0.4 is 11.1 Å². The van der Waals surface area contributed by atoms with E-state index in [1.54, 1.807) is 12.1 Å². The molecule has 0 aliphatic carbocycles. The van der Waals surface area contributed by atoms with Crippen molar-refractivity contribution in [3.05, 3.63) is 70.2 Å². The molecule has 2 rings (SSSR count). The van der Waals surface area contributed by atoms with Crippen molar-refractivity contribution in [2.24, 2.45) is 5.73 Å². The highest BCUT2D eigenvalue weighted by Gasteiger charge is 2.06. The Morgan fingerprint density at radius 3 is 2.55 bits per heavy atom. The van der Waals surface area contributed by atoms with Crippen LogP contribution in [0.2, 0.25) is 5.02 Å². The molecule has 3 nitrogen and oxygen atoms in total. The number of primary amides is 1. The first-order chi connectivity index (χ1) is 9.56. The lowest BCUT2D eigenvalue weighted by atomic mass is 10.1. The predicted molar refractivity (Wildman–Crippen MR) is 81.7 cm³/mol. The van der Waals surface area contributed by atoms with Gasteiger partial charge in [0.2, 0.25) is 5.91 Å². The first-order valence-corrected chi connectivity index (χ1v) is 6.81. The Hall–Kier alpha value is -1.84. The second kappa shape index (κ2) is 6.55. The molecule has 2 aromatic rings. The van der Waals surface area contributed by atoms with E-state index in [2.05, 4.69) is 12.2 Å². The molecule has 0 aromatic heterocycles. The van der Waals surface area contributed by atoms with Crippen LogP contribution in [0.1, 0.15) is 34.5 Å². The summed E-state index contributed by atoms with van der Waals surface area (Å²) in [5.41, 5.74) is 7.98.